The molecule has 0 saturated heterocycles. The Morgan fingerprint density at radius 1 is 0.975 bits per heavy atom. The van der Waals surface area contributed by atoms with E-state index in [9.17, 15) is 18.0 Å². The number of carbonyl (C=O) groups is 2. The van der Waals surface area contributed by atoms with Crippen molar-refractivity contribution in [1.82, 2.24) is 10.2 Å². The summed E-state index contributed by atoms with van der Waals surface area (Å²) in [5.74, 6) is -0.566. The van der Waals surface area contributed by atoms with Gasteiger partial charge in [0.05, 0.1) is 22.7 Å². The Morgan fingerprint density at radius 2 is 1.62 bits per heavy atom. The van der Waals surface area contributed by atoms with Crippen LogP contribution in [0.2, 0.25) is 10.0 Å². The number of halogens is 2. The number of rotatable bonds is 12. The lowest BCUT2D eigenvalue weighted by molar-refractivity contribution is -0.139. The lowest BCUT2D eigenvalue weighted by Crippen LogP contribution is -2.52. The molecule has 0 saturated carbocycles. The number of nitrogens with zero attached hydrogens (tertiary/aromatic N) is 2. The first-order valence-electron chi connectivity index (χ1n) is 12.7. The first-order chi connectivity index (χ1) is 19.0. The summed E-state index contributed by atoms with van der Waals surface area (Å²) in [4.78, 5) is 28.4. The zero-order valence-electron chi connectivity index (χ0n) is 22.8. The van der Waals surface area contributed by atoms with E-state index in [1.165, 1.54) is 42.3 Å². The molecule has 0 aliphatic rings. The molecule has 0 aliphatic heterocycles. The average molecular weight is 607 g/mol. The molecule has 2 amide bonds. The van der Waals surface area contributed by atoms with Crippen LogP contribution in [0.5, 0.6) is 5.75 Å². The van der Waals surface area contributed by atoms with Crippen LogP contribution in [-0.2, 0) is 26.2 Å². The van der Waals surface area contributed by atoms with Gasteiger partial charge in [0, 0.05) is 17.6 Å². The van der Waals surface area contributed by atoms with Gasteiger partial charge in [-0.1, -0.05) is 60.5 Å². The molecule has 40 heavy (non-hydrogen) atoms. The van der Waals surface area contributed by atoms with Crippen LogP contribution in [0, 0.1) is 0 Å². The quantitative estimate of drug-likeness (QED) is 0.293. The zero-order valence-corrected chi connectivity index (χ0v) is 25.1. The molecule has 3 aromatic carbocycles. The van der Waals surface area contributed by atoms with Gasteiger partial charge < -0.3 is 15.0 Å². The van der Waals surface area contributed by atoms with Crippen molar-refractivity contribution < 1.29 is 22.7 Å². The third-order valence-corrected chi connectivity index (χ3v) is 8.80. The monoisotopic (exact) mass is 605 g/mol. The molecule has 0 aliphatic carbocycles. The molecule has 3 aromatic rings. The van der Waals surface area contributed by atoms with Crippen LogP contribution in [-0.4, -0.2) is 50.9 Å². The predicted molar refractivity (Wildman–Crippen MR) is 158 cm³/mol. The first kappa shape index (κ1) is 31.3. The van der Waals surface area contributed by atoms with Crippen molar-refractivity contribution in [2.24, 2.45) is 0 Å². The van der Waals surface area contributed by atoms with Crippen LogP contribution in [0.15, 0.2) is 77.7 Å². The Hall–Kier alpha value is -3.27. The van der Waals surface area contributed by atoms with Crippen LogP contribution in [0.1, 0.15) is 32.8 Å². The second-order valence-corrected chi connectivity index (χ2v) is 12.0. The van der Waals surface area contributed by atoms with Crippen molar-refractivity contribution in [2.45, 2.75) is 50.7 Å². The van der Waals surface area contributed by atoms with E-state index in [4.69, 9.17) is 27.9 Å². The number of ether oxygens (including phenoxy) is 1. The Balaban J connectivity index is 2.04. The zero-order chi connectivity index (χ0) is 29.4. The minimum atomic E-state index is -4.20. The van der Waals surface area contributed by atoms with E-state index >= 15 is 0 Å². The fourth-order valence-corrected chi connectivity index (χ4v) is 5.70. The van der Waals surface area contributed by atoms with Crippen molar-refractivity contribution >= 4 is 50.7 Å². The number of hydrogen-bond acceptors (Lipinski definition) is 5. The summed E-state index contributed by atoms with van der Waals surface area (Å²) in [5.41, 5.74) is 0.900. The molecule has 0 radical (unpaired) electrons. The van der Waals surface area contributed by atoms with E-state index in [2.05, 4.69) is 5.32 Å². The van der Waals surface area contributed by atoms with Gasteiger partial charge in [-0.25, -0.2) is 8.42 Å². The summed E-state index contributed by atoms with van der Waals surface area (Å²) in [7, 11) is -2.75. The van der Waals surface area contributed by atoms with Gasteiger partial charge in [-0.3, -0.25) is 13.9 Å². The highest BCUT2D eigenvalue weighted by atomic mass is 35.5. The number of anilines is 1. The number of hydrogen-bond donors (Lipinski definition) is 1. The molecule has 1 N–H and O–H groups in total. The maximum Gasteiger partial charge on any atom is 0.264 e. The van der Waals surface area contributed by atoms with Gasteiger partial charge in [-0.2, -0.15) is 0 Å². The highest BCUT2D eigenvalue weighted by Crippen LogP contribution is 2.32. The Kier molecular flexibility index (Phi) is 10.8. The summed E-state index contributed by atoms with van der Waals surface area (Å²) in [5, 5.41) is 3.61. The minimum absolute atomic E-state index is 0.00144. The molecule has 0 bridgehead atoms. The van der Waals surface area contributed by atoms with E-state index in [0.717, 1.165) is 9.87 Å². The van der Waals surface area contributed by atoms with Crippen LogP contribution < -0.4 is 14.4 Å². The number of nitrogens with one attached hydrogen (secondary N) is 1. The molecule has 3 rings (SSSR count). The molecule has 0 unspecified atom stereocenters. The number of benzene rings is 3. The summed E-state index contributed by atoms with van der Waals surface area (Å²) in [6.45, 7) is 4.92. The fraction of sp³-hybridized carbons (Fsp3) is 0.310. The maximum atomic E-state index is 13.9. The molecule has 0 heterocycles. The number of methoxy groups -OCH3 is 1. The molecular formula is C29H33Cl2N3O5S. The minimum Gasteiger partial charge on any atom is -0.495 e. The van der Waals surface area contributed by atoms with Gasteiger partial charge >= 0.3 is 0 Å². The molecule has 0 fully saturated rings. The number of amides is 2. The van der Waals surface area contributed by atoms with Crippen molar-refractivity contribution in [2.75, 3.05) is 18.0 Å². The summed E-state index contributed by atoms with van der Waals surface area (Å²) in [6.07, 6.45) is 0.713. The second-order valence-electron chi connectivity index (χ2n) is 9.29. The van der Waals surface area contributed by atoms with Crippen LogP contribution in [0.3, 0.4) is 0 Å². The average Bonchev–Trinajstić information content (AvgIpc) is 2.95. The lowest BCUT2D eigenvalue weighted by Gasteiger charge is -2.32. The molecular weight excluding hydrogens is 573 g/mol. The standard InChI is InChI=1S/C29H33Cl2N3O5S/c1-5-20(2)32-29(36)21(3)33(18-22-11-13-23(30)14-12-22)28(35)19-34(24-15-16-27(39-4)26(31)17-24)40(37,38)25-9-7-6-8-10-25/h6-17,20-21H,5,18-19H2,1-4H3,(H,32,36)/t20-,21-/m0/s1. The van der Waals surface area contributed by atoms with Crippen LogP contribution in [0.25, 0.3) is 0 Å². The Bertz CT molecular complexity index is 1420. The van der Waals surface area contributed by atoms with E-state index < -0.39 is 28.5 Å². The predicted octanol–water partition coefficient (Wildman–Crippen LogP) is 5.53. The van der Waals surface area contributed by atoms with Gasteiger partial charge in [-0.15, -0.1) is 0 Å². The first-order valence-corrected chi connectivity index (χ1v) is 14.9. The van der Waals surface area contributed by atoms with E-state index in [1.54, 1.807) is 49.4 Å². The Labute approximate surface area is 245 Å². The van der Waals surface area contributed by atoms with E-state index in [1.807, 2.05) is 13.8 Å². The molecule has 0 aromatic heterocycles. The molecule has 2 atom stereocenters. The normalized spacial score (nSPS) is 12.8. The summed E-state index contributed by atoms with van der Waals surface area (Å²) in [6, 6.07) is 18.2. The number of carbonyl (C=O) groups excluding carboxylic acids is 2. The summed E-state index contributed by atoms with van der Waals surface area (Å²) >= 11 is 12.4. The third kappa shape index (κ3) is 7.68. The Morgan fingerprint density at radius 3 is 2.20 bits per heavy atom. The lowest BCUT2D eigenvalue weighted by atomic mass is 10.1. The third-order valence-electron chi connectivity index (χ3n) is 6.47. The molecule has 8 nitrogen and oxygen atoms in total. The highest BCUT2D eigenvalue weighted by Gasteiger charge is 2.33. The molecule has 214 valence electrons. The number of sulfonamides is 1. The van der Waals surface area contributed by atoms with E-state index in [0.29, 0.717) is 17.2 Å². The van der Waals surface area contributed by atoms with Crippen molar-refractivity contribution in [3.63, 3.8) is 0 Å². The van der Waals surface area contributed by atoms with Gasteiger partial charge in [0.25, 0.3) is 10.0 Å². The second kappa shape index (κ2) is 13.9. The van der Waals surface area contributed by atoms with E-state index in [-0.39, 0.29) is 34.1 Å². The largest absolute Gasteiger partial charge is 0.495 e. The fourth-order valence-electron chi connectivity index (χ4n) is 3.89. The van der Waals surface area contributed by atoms with Crippen molar-refractivity contribution in [3.8, 4) is 5.75 Å². The topological polar surface area (TPSA) is 96.0 Å². The van der Waals surface area contributed by atoms with Gasteiger partial charge in [-0.05, 0) is 68.3 Å². The molecule has 0 spiro atoms. The molecule has 11 heteroatoms. The van der Waals surface area contributed by atoms with Crippen molar-refractivity contribution in [3.05, 3.63) is 88.4 Å². The maximum absolute atomic E-state index is 13.9. The van der Waals surface area contributed by atoms with Crippen molar-refractivity contribution in [1.29, 1.82) is 0 Å². The van der Waals surface area contributed by atoms with Gasteiger partial charge in [0.1, 0.15) is 18.3 Å². The highest BCUT2D eigenvalue weighted by molar-refractivity contribution is 7.92. The van der Waals surface area contributed by atoms with Gasteiger partial charge in [0.2, 0.25) is 11.8 Å². The summed E-state index contributed by atoms with van der Waals surface area (Å²) < 4.78 is 33.9. The van der Waals surface area contributed by atoms with Gasteiger partial charge in [0.15, 0.2) is 0 Å². The SMILES string of the molecule is CC[C@H](C)NC(=O)[C@H](C)N(Cc1ccc(Cl)cc1)C(=O)CN(c1ccc(OC)c(Cl)c1)S(=O)(=O)c1ccccc1. The smallest absolute Gasteiger partial charge is 0.264 e. The van der Waals surface area contributed by atoms with Crippen LogP contribution >= 0.6 is 23.2 Å². The van der Waals surface area contributed by atoms with Crippen LogP contribution in [0.4, 0.5) is 5.69 Å².